The van der Waals surface area contributed by atoms with Crippen molar-refractivity contribution in [3.05, 3.63) is 83.0 Å². The Morgan fingerprint density at radius 1 is 1.04 bits per heavy atom. The summed E-state index contributed by atoms with van der Waals surface area (Å²) in [7, 11) is 0. The highest BCUT2D eigenvalue weighted by Gasteiger charge is 2.12. The summed E-state index contributed by atoms with van der Waals surface area (Å²) in [6, 6.07) is 15.5. The Hall–Kier alpha value is -3.41. The van der Waals surface area contributed by atoms with E-state index in [1.54, 1.807) is 24.4 Å². The van der Waals surface area contributed by atoms with Gasteiger partial charge in [0.1, 0.15) is 11.2 Å². The predicted octanol–water partition coefficient (Wildman–Crippen LogP) is 2.47. The third-order valence-corrected chi connectivity index (χ3v) is 4.40. The van der Waals surface area contributed by atoms with Crippen molar-refractivity contribution in [1.29, 1.82) is 0 Å². The van der Waals surface area contributed by atoms with E-state index >= 15 is 0 Å². The van der Waals surface area contributed by atoms with Gasteiger partial charge in [0.2, 0.25) is 0 Å². The van der Waals surface area contributed by atoms with Gasteiger partial charge in [-0.25, -0.2) is 4.98 Å². The first-order valence-electron chi connectivity index (χ1n) is 8.52. The summed E-state index contributed by atoms with van der Waals surface area (Å²) < 4.78 is 3.54. The molecule has 4 rings (SSSR count). The van der Waals surface area contributed by atoms with Crippen LogP contribution in [0.25, 0.3) is 16.6 Å². The lowest BCUT2D eigenvalue weighted by Gasteiger charge is -2.08. The summed E-state index contributed by atoms with van der Waals surface area (Å²) >= 11 is 0. The van der Waals surface area contributed by atoms with E-state index in [1.807, 2.05) is 18.3 Å². The van der Waals surface area contributed by atoms with E-state index < -0.39 is 5.91 Å². The van der Waals surface area contributed by atoms with Gasteiger partial charge in [-0.1, -0.05) is 24.3 Å². The second-order valence-corrected chi connectivity index (χ2v) is 6.08. The van der Waals surface area contributed by atoms with Gasteiger partial charge < -0.3 is 9.88 Å². The largest absolute Gasteiger partial charge is 0.352 e. The first kappa shape index (κ1) is 16.1. The van der Waals surface area contributed by atoms with E-state index in [1.165, 1.54) is 21.5 Å². The average molecular weight is 346 g/mol. The number of carbonyl (C=O) groups excluding carboxylic acids is 1. The number of nitrogens with zero attached hydrogens (tertiary/aromatic N) is 3. The topological polar surface area (TPSA) is 68.4 Å². The molecule has 1 N–H and O–H groups in total. The number of nitrogens with one attached hydrogen (secondary N) is 1. The lowest BCUT2D eigenvalue weighted by molar-refractivity contribution is 0.0950. The molecule has 1 aromatic carbocycles. The quantitative estimate of drug-likeness (QED) is 0.565. The molecule has 0 fully saturated rings. The van der Waals surface area contributed by atoms with Crippen molar-refractivity contribution in [1.82, 2.24) is 19.3 Å². The lowest BCUT2D eigenvalue weighted by Crippen LogP contribution is -2.32. The highest BCUT2D eigenvalue weighted by Crippen LogP contribution is 2.15. The van der Waals surface area contributed by atoms with E-state index in [0.717, 1.165) is 13.0 Å². The number of hydrogen-bond acceptors (Lipinski definition) is 3. The number of aromatic nitrogens is 3. The van der Waals surface area contributed by atoms with Crippen molar-refractivity contribution in [2.75, 3.05) is 6.54 Å². The SMILES string of the molecule is O=C(NCCCn1ccc2ccccc21)c1cnc2ccccn2c1=O. The second-order valence-electron chi connectivity index (χ2n) is 6.08. The number of hydrogen-bond donors (Lipinski definition) is 1. The molecule has 0 atom stereocenters. The van der Waals surface area contributed by atoms with E-state index in [9.17, 15) is 9.59 Å². The van der Waals surface area contributed by atoms with Crippen LogP contribution in [0.1, 0.15) is 16.8 Å². The van der Waals surface area contributed by atoms with Crippen molar-refractivity contribution in [2.24, 2.45) is 0 Å². The monoisotopic (exact) mass is 346 g/mol. The summed E-state index contributed by atoms with van der Waals surface area (Å²) in [6.07, 6.45) is 5.77. The zero-order valence-electron chi connectivity index (χ0n) is 14.1. The maximum Gasteiger partial charge on any atom is 0.270 e. The maximum atomic E-state index is 12.4. The fraction of sp³-hybridized carbons (Fsp3) is 0.150. The van der Waals surface area contributed by atoms with Gasteiger partial charge in [-0.3, -0.25) is 14.0 Å². The van der Waals surface area contributed by atoms with Crippen LogP contribution >= 0.6 is 0 Å². The van der Waals surface area contributed by atoms with Crippen LogP contribution in [-0.2, 0) is 6.54 Å². The van der Waals surface area contributed by atoms with Crippen LogP contribution in [0.5, 0.6) is 0 Å². The van der Waals surface area contributed by atoms with Crippen LogP contribution in [0.3, 0.4) is 0 Å². The molecular weight excluding hydrogens is 328 g/mol. The fourth-order valence-electron chi connectivity index (χ4n) is 3.06. The average Bonchev–Trinajstić information content (AvgIpc) is 3.09. The normalized spacial score (nSPS) is 11.1. The molecule has 3 aromatic heterocycles. The molecule has 0 unspecified atom stereocenters. The van der Waals surface area contributed by atoms with Crippen LogP contribution in [0.15, 0.2) is 71.9 Å². The van der Waals surface area contributed by atoms with Crippen molar-refractivity contribution in [2.45, 2.75) is 13.0 Å². The molecule has 0 aliphatic rings. The summed E-state index contributed by atoms with van der Waals surface area (Å²) in [5.74, 6) is -0.391. The number of rotatable bonds is 5. The number of pyridine rings is 1. The summed E-state index contributed by atoms with van der Waals surface area (Å²) in [4.78, 5) is 28.9. The molecule has 1 amide bonds. The van der Waals surface area contributed by atoms with Gasteiger partial charge in [0.15, 0.2) is 0 Å². The van der Waals surface area contributed by atoms with Gasteiger partial charge in [0, 0.05) is 37.2 Å². The predicted molar refractivity (Wildman–Crippen MR) is 100 cm³/mol. The molecule has 6 heteroatoms. The first-order valence-corrected chi connectivity index (χ1v) is 8.52. The molecule has 0 bridgehead atoms. The van der Waals surface area contributed by atoms with Crippen LogP contribution in [-0.4, -0.2) is 26.4 Å². The number of amides is 1. The molecule has 0 saturated heterocycles. The highest BCUT2D eigenvalue weighted by atomic mass is 16.2. The maximum absolute atomic E-state index is 12.4. The number of fused-ring (bicyclic) bond motifs is 2. The second kappa shape index (κ2) is 6.84. The molecule has 0 aliphatic heterocycles. The summed E-state index contributed by atoms with van der Waals surface area (Å²) in [6.45, 7) is 1.28. The molecule has 130 valence electrons. The van der Waals surface area contributed by atoms with Crippen molar-refractivity contribution < 1.29 is 4.79 Å². The molecular formula is C20H18N4O2. The van der Waals surface area contributed by atoms with Gasteiger partial charge in [0.05, 0.1) is 0 Å². The fourth-order valence-corrected chi connectivity index (χ4v) is 3.06. The van der Waals surface area contributed by atoms with Gasteiger partial charge in [-0.2, -0.15) is 0 Å². The Kier molecular flexibility index (Phi) is 4.23. The summed E-state index contributed by atoms with van der Waals surface area (Å²) in [5, 5.41) is 4.01. The molecule has 4 aromatic rings. The third kappa shape index (κ3) is 2.97. The molecule has 26 heavy (non-hydrogen) atoms. The van der Waals surface area contributed by atoms with Gasteiger partial charge in [0.25, 0.3) is 11.5 Å². The lowest BCUT2D eigenvalue weighted by atomic mass is 10.2. The van der Waals surface area contributed by atoms with Gasteiger partial charge in [-0.05, 0) is 36.1 Å². The number of carbonyl (C=O) groups is 1. The van der Waals surface area contributed by atoms with Crippen LogP contribution in [0.2, 0.25) is 0 Å². The molecule has 6 nitrogen and oxygen atoms in total. The Morgan fingerprint density at radius 3 is 2.81 bits per heavy atom. The standard InChI is InChI=1S/C20H18N4O2/c25-19(16-14-22-18-8-3-4-12-24(18)20(16)26)21-10-5-11-23-13-9-15-6-1-2-7-17(15)23/h1-4,6-9,12-14H,5,10-11H2,(H,21,25). The van der Waals surface area contributed by atoms with Crippen LogP contribution in [0, 0.1) is 0 Å². The number of benzene rings is 1. The Balaban J connectivity index is 1.40. The van der Waals surface area contributed by atoms with E-state index in [0.29, 0.717) is 12.2 Å². The van der Waals surface area contributed by atoms with Crippen LogP contribution in [0.4, 0.5) is 0 Å². The number of para-hydroxylation sites is 1. The molecule has 0 saturated carbocycles. The van der Waals surface area contributed by atoms with E-state index in [4.69, 9.17) is 0 Å². The highest BCUT2D eigenvalue weighted by molar-refractivity contribution is 5.93. The van der Waals surface area contributed by atoms with Gasteiger partial charge >= 0.3 is 0 Å². The van der Waals surface area contributed by atoms with Crippen molar-refractivity contribution in [3.8, 4) is 0 Å². The smallest absolute Gasteiger partial charge is 0.270 e. The minimum absolute atomic E-state index is 0.0557. The van der Waals surface area contributed by atoms with Crippen LogP contribution < -0.4 is 10.9 Å². The minimum Gasteiger partial charge on any atom is -0.352 e. The zero-order chi connectivity index (χ0) is 17.9. The van der Waals surface area contributed by atoms with E-state index in [2.05, 4.69) is 33.1 Å². The molecule has 0 radical (unpaired) electrons. The summed E-state index contributed by atoms with van der Waals surface area (Å²) in [5.41, 5.74) is 1.40. The minimum atomic E-state index is -0.391. The Labute approximate surface area is 149 Å². The first-order chi connectivity index (χ1) is 12.7. The number of aryl methyl sites for hydroxylation is 1. The Morgan fingerprint density at radius 2 is 1.88 bits per heavy atom. The van der Waals surface area contributed by atoms with E-state index in [-0.39, 0.29) is 11.1 Å². The van der Waals surface area contributed by atoms with Crippen molar-refractivity contribution in [3.63, 3.8) is 0 Å². The van der Waals surface area contributed by atoms with Gasteiger partial charge in [-0.15, -0.1) is 0 Å². The van der Waals surface area contributed by atoms with Crippen molar-refractivity contribution >= 4 is 22.5 Å². The zero-order valence-corrected chi connectivity index (χ0v) is 14.1. The molecule has 0 aliphatic carbocycles. The molecule has 0 spiro atoms. The molecule has 3 heterocycles. The Bertz CT molecular complexity index is 1140. The third-order valence-electron chi connectivity index (χ3n) is 4.40.